The number of nitrogens with two attached hydrogens (primary N) is 1. The Labute approximate surface area is 166 Å². The van der Waals surface area contributed by atoms with E-state index in [1.54, 1.807) is 12.1 Å². The first-order valence-corrected chi connectivity index (χ1v) is 9.67. The lowest BCUT2D eigenvalue weighted by Crippen LogP contribution is -2.13. The molecule has 2 heterocycles. The van der Waals surface area contributed by atoms with Gasteiger partial charge >= 0.3 is 0 Å². The molecule has 0 bridgehead atoms. The fourth-order valence-corrected chi connectivity index (χ4v) is 3.55. The Balaban J connectivity index is 1.41. The zero-order valence-corrected chi connectivity index (χ0v) is 15.7. The van der Waals surface area contributed by atoms with Crippen molar-refractivity contribution in [3.63, 3.8) is 0 Å². The van der Waals surface area contributed by atoms with Crippen molar-refractivity contribution in [1.29, 1.82) is 0 Å². The first-order valence-electron chi connectivity index (χ1n) is 8.79. The molecule has 4 rings (SSSR count). The summed E-state index contributed by atoms with van der Waals surface area (Å²) in [4.78, 5) is 4.54. The van der Waals surface area contributed by atoms with Gasteiger partial charge in [0, 0.05) is 10.9 Å². The van der Waals surface area contributed by atoms with E-state index in [2.05, 4.69) is 20.5 Å². The number of nitrogens with zero attached hydrogens (tertiary/aromatic N) is 3. The molecule has 4 aromatic rings. The van der Waals surface area contributed by atoms with Crippen molar-refractivity contribution < 1.29 is 4.39 Å². The van der Waals surface area contributed by atoms with Gasteiger partial charge in [-0.1, -0.05) is 42.5 Å². The Bertz CT molecular complexity index is 1030. The van der Waals surface area contributed by atoms with E-state index in [0.29, 0.717) is 17.4 Å². The highest BCUT2D eigenvalue weighted by Crippen LogP contribution is 2.25. The molecule has 0 aliphatic carbocycles. The van der Waals surface area contributed by atoms with Crippen molar-refractivity contribution in [2.75, 3.05) is 5.32 Å². The molecule has 28 heavy (non-hydrogen) atoms. The number of nitrogens with one attached hydrogen (secondary N) is 1. The second-order valence-electron chi connectivity index (χ2n) is 6.31. The number of hydrogen-bond donors (Lipinski definition) is 2. The predicted molar refractivity (Wildman–Crippen MR) is 110 cm³/mol. The van der Waals surface area contributed by atoms with Gasteiger partial charge in [0.1, 0.15) is 5.82 Å². The van der Waals surface area contributed by atoms with E-state index in [0.717, 1.165) is 22.5 Å². The molecular formula is C21H18FN5S. The summed E-state index contributed by atoms with van der Waals surface area (Å²) in [5.74, 6) is 0.365. The number of halogens is 1. The minimum absolute atomic E-state index is 0.253. The van der Waals surface area contributed by atoms with Crippen molar-refractivity contribution in [1.82, 2.24) is 15.2 Å². The molecule has 3 N–H and O–H groups in total. The second-order valence-corrected chi connectivity index (χ2v) is 7.17. The molecule has 0 saturated heterocycles. The van der Waals surface area contributed by atoms with E-state index in [1.165, 1.54) is 23.5 Å². The summed E-state index contributed by atoms with van der Waals surface area (Å²) in [6.45, 7) is 0. The minimum Gasteiger partial charge on any atom is -0.322 e. The van der Waals surface area contributed by atoms with Crippen LogP contribution in [0.1, 0.15) is 17.3 Å². The lowest BCUT2D eigenvalue weighted by molar-refractivity contribution is 0.625. The molecule has 0 fully saturated rings. The Morgan fingerprint density at radius 2 is 1.75 bits per heavy atom. The summed E-state index contributed by atoms with van der Waals surface area (Å²) in [5.41, 5.74) is 9.84. The van der Waals surface area contributed by atoms with Gasteiger partial charge in [0.15, 0.2) is 10.9 Å². The highest BCUT2D eigenvalue weighted by atomic mass is 32.1. The van der Waals surface area contributed by atoms with Crippen LogP contribution in [0, 0.1) is 5.82 Å². The Morgan fingerprint density at radius 3 is 2.46 bits per heavy atom. The Kier molecular flexibility index (Phi) is 5.36. The zero-order chi connectivity index (χ0) is 19.3. The molecule has 0 amide bonds. The van der Waals surface area contributed by atoms with E-state index in [9.17, 15) is 4.39 Å². The summed E-state index contributed by atoms with van der Waals surface area (Å²) in [6, 6.07) is 19.8. The average Bonchev–Trinajstić information content (AvgIpc) is 3.20. The van der Waals surface area contributed by atoms with E-state index < -0.39 is 0 Å². The highest BCUT2D eigenvalue weighted by molar-refractivity contribution is 7.13. The quantitative estimate of drug-likeness (QED) is 0.497. The maximum Gasteiger partial charge on any atom is 0.188 e. The van der Waals surface area contributed by atoms with Crippen molar-refractivity contribution in [2.45, 2.75) is 12.5 Å². The van der Waals surface area contributed by atoms with Gasteiger partial charge in [-0.25, -0.2) is 9.37 Å². The van der Waals surface area contributed by atoms with E-state index in [4.69, 9.17) is 5.73 Å². The average molecular weight is 391 g/mol. The SMILES string of the molecule is NC(Cc1ccc(F)cc1)c1csc(Nc2ccc(-c3ccccc3)nn2)n1. The third-order valence-electron chi connectivity index (χ3n) is 4.24. The van der Waals surface area contributed by atoms with Gasteiger partial charge in [-0.15, -0.1) is 21.5 Å². The molecule has 1 unspecified atom stereocenters. The largest absolute Gasteiger partial charge is 0.322 e. The zero-order valence-electron chi connectivity index (χ0n) is 14.9. The molecular weight excluding hydrogens is 373 g/mol. The molecule has 140 valence electrons. The second kappa shape index (κ2) is 8.24. The fraction of sp³-hybridized carbons (Fsp3) is 0.0952. The van der Waals surface area contributed by atoms with Gasteiger partial charge < -0.3 is 11.1 Å². The fourth-order valence-electron chi connectivity index (χ4n) is 2.76. The molecule has 5 nitrogen and oxygen atoms in total. The molecule has 0 saturated carbocycles. The van der Waals surface area contributed by atoms with Crippen molar-refractivity contribution in [3.8, 4) is 11.3 Å². The van der Waals surface area contributed by atoms with Crippen LogP contribution in [0.25, 0.3) is 11.3 Å². The number of rotatable bonds is 6. The number of hydrogen-bond acceptors (Lipinski definition) is 6. The monoisotopic (exact) mass is 391 g/mol. The smallest absolute Gasteiger partial charge is 0.188 e. The van der Waals surface area contributed by atoms with E-state index in [1.807, 2.05) is 47.8 Å². The number of aromatic nitrogens is 3. The van der Waals surface area contributed by atoms with Crippen LogP contribution >= 0.6 is 11.3 Å². The van der Waals surface area contributed by atoms with Gasteiger partial charge in [-0.3, -0.25) is 0 Å². The first-order chi connectivity index (χ1) is 13.7. The van der Waals surface area contributed by atoms with Crippen LogP contribution in [0.2, 0.25) is 0 Å². The molecule has 7 heteroatoms. The van der Waals surface area contributed by atoms with Gasteiger partial charge in [-0.05, 0) is 36.2 Å². The molecule has 1 atom stereocenters. The summed E-state index contributed by atoms with van der Waals surface area (Å²) in [6.07, 6.45) is 0.592. The third kappa shape index (κ3) is 4.39. The van der Waals surface area contributed by atoms with Crippen molar-refractivity contribution in [2.24, 2.45) is 5.73 Å². The molecule has 2 aromatic carbocycles. The number of thiazole rings is 1. The number of benzene rings is 2. The summed E-state index contributed by atoms with van der Waals surface area (Å²) < 4.78 is 13.0. The van der Waals surface area contributed by atoms with Crippen LogP contribution in [0.4, 0.5) is 15.3 Å². The minimum atomic E-state index is -0.260. The predicted octanol–water partition coefficient (Wildman–Crippen LogP) is 4.73. The van der Waals surface area contributed by atoms with Gasteiger partial charge in [-0.2, -0.15) is 0 Å². The van der Waals surface area contributed by atoms with Crippen LogP contribution in [0.5, 0.6) is 0 Å². The molecule has 2 aromatic heterocycles. The van der Waals surface area contributed by atoms with Crippen molar-refractivity contribution >= 4 is 22.3 Å². The van der Waals surface area contributed by atoms with Crippen LogP contribution in [0.3, 0.4) is 0 Å². The van der Waals surface area contributed by atoms with Gasteiger partial charge in [0.25, 0.3) is 0 Å². The standard InChI is InChI=1S/C21H18FN5S/c22-16-8-6-14(7-9-16)12-17(23)19-13-28-21(24-19)25-20-11-10-18(26-27-20)15-4-2-1-3-5-15/h1-11,13,17H,12,23H2,(H,24,25,27). The topological polar surface area (TPSA) is 76.7 Å². The lowest BCUT2D eigenvalue weighted by atomic mass is 10.0. The van der Waals surface area contributed by atoms with E-state index in [-0.39, 0.29) is 11.9 Å². The normalized spacial score (nSPS) is 11.9. The summed E-state index contributed by atoms with van der Waals surface area (Å²) in [7, 11) is 0. The van der Waals surface area contributed by atoms with Crippen LogP contribution in [-0.4, -0.2) is 15.2 Å². The first kappa shape index (κ1) is 18.2. The number of anilines is 2. The lowest BCUT2D eigenvalue weighted by Gasteiger charge is -2.09. The Hall–Kier alpha value is -3.16. The summed E-state index contributed by atoms with van der Waals surface area (Å²) >= 11 is 1.46. The maximum atomic E-state index is 13.0. The van der Waals surface area contributed by atoms with Gasteiger partial charge in [0.2, 0.25) is 0 Å². The van der Waals surface area contributed by atoms with Crippen LogP contribution in [-0.2, 0) is 6.42 Å². The van der Waals surface area contributed by atoms with Crippen molar-refractivity contribution in [3.05, 3.63) is 89.2 Å². The van der Waals surface area contributed by atoms with Crippen LogP contribution in [0.15, 0.2) is 72.1 Å². The third-order valence-corrected chi connectivity index (χ3v) is 5.02. The summed E-state index contributed by atoms with van der Waals surface area (Å²) in [5, 5.41) is 14.3. The highest BCUT2D eigenvalue weighted by Gasteiger charge is 2.12. The Morgan fingerprint density at radius 1 is 0.964 bits per heavy atom. The molecule has 0 radical (unpaired) electrons. The van der Waals surface area contributed by atoms with Crippen LogP contribution < -0.4 is 11.1 Å². The molecule has 0 spiro atoms. The maximum absolute atomic E-state index is 13.0. The molecule has 0 aliphatic rings. The van der Waals surface area contributed by atoms with Gasteiger partial charge in [0.05, 0.1) is 17.4 Å². The van der Waals surface area contributed by atoms with E-state index >= 15 is 0 Å². The molecule has 0 aliphatic heterocycles.